The van der Waals surface area contributed by atoms with Gasteiger partial charge in [0.05, 0.1) is 11.9 Å². The fourth-order valence-corrected chi connectivity index (χ4v) is 1.97. The molecule has 0 saturated heterocycles. The first-order valence-electron chi connectivity index (χ1n) is 6.24. The summed E-state index contributed by atoms with van der Waals surface area (Å²) in [6, 6.07) is 0.134. The second kappa shape index (κ2) is 7.28. The van der Waals surface area contributed by atoms with Gasteiger partial charge in [-0.05, 0) is 36.7 Å². The number of carbonyl (C=O) groups is 1. The Hall–Kier alpha value is -1.37. The molecule has 2 N–H and O–H groups in total. The Labute approximate surface area is 120 Å². The number of anilines is 1. The molecule has 6 nitrogen and oxygen atoms in total. The van der Waals surface area contributed by atoms with Crippen molar-refractivity contribution in [3.05, 3.63) is 21.0 Å². The van der Waals surface area contributed by atoms with E-state index in [1.807, 2.05) is 20.8 Å². The van der Waals surface area contributed by atoms with E-state index in [-0.39, 0.29) is 17.5 Å². The number of halogens is 1. The fraction of sp³-hybridized carbons (Fsp3) is 0.583. The smallest absolute Gasteiger partial charge is 0.283 e. The average molecular weight is 331 g/mol. The van der Waals surface area contributed by atoms with Crippen LogP contribution in [-0.2, 0) is 11.3 Å². The summed E-state index contributed by atoms with van der Waals surface area (Å²) in [7, 11) is 0. The largest absolute Gasteiger partial charge is 0.382 e. The van der Waals surface area contributed by atoms with Gasteiger partial charge in [0, 0.05) is 25.6 Å². The summed E-state index contributed by atoms with van der Waals surface area (Å²) >= 11 is 3.24. The van der Waals surface area contributed by atoms with Gasteiger partial charge in [-0.3, -0.25) is 9.59 Å². The molecule has 0 aliphatic heterocycles. The topological polar surface area (TPSA) is 76.0 Å². The van der Waals surface area contributed by atoms with Gasteiger partial charge in [-0.25, -0.2) is 4.68 Å². The molecule has 1 heterocycles. The van der Waals surface area contributed by atoms with Crippen molar-refractivity contribution in [2.24, 2.45) is 0 Å². The standard InChI is InChI=1S/C12H19BrN4O2/c1-4-17-12(19)11(13)9(7-15-17)14-6-5-10(18)16-8(2)3/h7-8,14H,4-6H2,1-3H3,(H,16,18). The van der Waals surface area contributed by atoms with Gasteiger partial charge >= 0.3 is 0 Å². The van der Waals surface area contributed by atoms with Crippen LogP contribution in [0, 0.1) is 0 Å². The van der Waals surface area contributed by atoms with E-state index in [9.17, 15) is 9.59 Å². The maximum Gasteiger partial charge on any atom is 0.283 e. The maximum absolute atomic E-state index is 11.8. The average Bonchev–Trinajstić information content (AvgIpc) is 2.34. The zero-order valence-electron chi connectivity index (χ0n) is 11.4. The lowest BCUT2D eigenvalue weighted by Gasteiger charge is -2.11. The minimum atomic E-state index is -0.181. The third-order valence-electron chi connectivity index (χ3n) is 2.40. The Bertz CT molecular complexity index is 499. The number of amides is 1. The summed E-state index contributed by atoms with van der Waals surface area (Å²) in [6.45, 7) is 6.65. The van der Waals surface area contributed by atoms with E-state index in [1.165, 1.54) is 4.68 Å². The molecule has 0 aliphatic carbocycles. The minimum absolute atomic E-state index is 0.0199. The van der Waals surface area contributed by atoms with E-state index in [2.05, 4.69) is 31.7 Å². The van der Waals surface area contributed by atoms with Crippen LogP contribution in [0.2, 0.25) is 0 Å². The van der Waals surface area contributed by atoms with Crippen LogP contribution in [0.25, 0.3) is 0 Å². The zero-order valence-corrected chi connectivity index (χ0v) is 13.0. The van der Waals surface area contributed by atoms with Crippen LogP contribution in [0.15, 0.2) is 15.5 Å². The molecular weight excluding hydrogens is 312 g/mol. The third kappa shape index (κ3) is 4.66. The third-order valence-corrected chi connectivity index (χ3v) is 3.17. The van der Waals surface area contributed by atoms with Crippen LogP contribution < -0.4 is 16.2 Å². The molecule has 0 atom stereocenters. The summed E-state index contributed by atoms with van der Waals surface area (Å²) in [5.74, 6) is -0.0199. The highest BCUT2D eigenvalue weighted by atomic mass is 79.9. The number of rotatable bonds is 6. The molecule has 106 valence electrons. The predicted octanol–water partition coefficient (Wildman–Crippen LogP) is 1.35. The molecule has 0 radical (unpaired) electrons. The van der Waals surface area contributed by atoms with E-state index in [0.29, 0.717) is 29.7 Å². The van der Waals surface area contributed by atoms with Gasteiger partial charge in [0.25, 0.3) is 5.56 Å². The number of hydrogen-bond acceptors (Lipinski definition) is 4. The number of aromatic nitrogens is 2. The summed E-state index contributed by atoms with van der Waals surface area (Å²) in [5, 5.41) is 9.84. The van der Waals surface area contributed by atoms with Crippen LogP contribution >= 0.6 is 15.9 Å². The first-order valence-corrected chi connectivity index (χ1v) is 7.03. The molecule has 1 rings (SSSR count). The maximum atomic E-state index is 11.8. The van der Waals surface area contributed by atoms with Crippen molar-refractivity contribution in [2.45, 2.75) is 39.8 Å². The second-order valence-corrected chi connectivity index (χ2v) is 5.19. The molecular formula is C12H19BrN4O2. The molecule has 0 saturated carbocycles. The Kier molecular flexibility index (Phi) is 6.01. The van der Waals surface area contributed by atoms with Gasteiger partial charge in [-0.1, -0.05) is 0 Å². The van der Waals surface area contributed by atoms with E-state index in [4.69, 9.17) is 0 Å². The molecule has 1 aromatic rings. The molecule has 0 aliphatic rings. The molecule has 0 bridgehead atoms. The molecule has 0 aromatic carbocycles. The predicted molar refractivity (Wildman–Crippen MR) is 78.3 cm³/mol. The molecule has 7 heteroatoms. The van der Waals surface area contributed by atoms with Crippen LogP contribution in [0.4, 0.5) is 5.69 Å². The van der Waals surface area contributed by atoms with Crippen molar-refractivity contribution in [3.8, 4) is 0 Å². The van der Waals surface area contributed by atoms with Gasteiger partial charge in [-0.15, -0.1) is 0 Å². The number of carbonyl (C=O) groups excluding carboxylic acids is 1. The molecule has 1 amide bonds. The molecule has 0 fully saturated rings. The van der Waals surface area contributed by atoms with Gasteiger partial charge < -0.3 is 10.6 Å². The highest BCUT2D eigenvalue weighted by molar-refractivity contribution is 9.10. The van der Waals surface area contributed by atoms with Crippen molar-refractivity contribution >= 4 is 27.5 Å². The molecule has 1 aromatic heterocycles. The summed E-state index contributed by atoms with van der Waals surface area (Å²) in [4.78, 5) is 23.2. The van der Waals surface area contributed by atoms with Crippen molar-refractivity contribution < 1.29 is 4.79 Å². The van der Waals surface area contributed by atoms with E-state index < -0.39 is 0 Å². The van der Waals surface area contributed by atoms with E-state index in [1.54, 1.807) is 6.20 Å². The monoisotopic (exact) mass is 330 g/mol. The van der Waals surface area contributed by atoms with Crippen LogP contribution in [0.3, 0.4) is 0 Å². The van der Waals surface area contributed by atoms with E-state index >= 15 is 0 Å². The van der Waals surface area contributed by atoms with Gasteiger partial charge in [-0.2, -0.15) is 5.10 Å². The Morgan fingerprint density at radius 3 is 2.79 bits per heavy atom. The number of nitrogens with zero attached hydrogens (tertiary/aromatic N) is 2. The van der Waals surface area contributed by atoms with Crippen LogP contribution in [0.5, 0.6) is 0 Å². The number of nitrogens with one attached hydrogen (secondary N) is 2. The van der Waals surface area contributed by atoms with E-state index in [0.717, 1.165) is 0 Å². The Morgan fingerprint density at radius 2 is 2.21 bits per heavy atom. The zero-order chi connectivity index (χ0) is 14.4. The fourth-order valence-electron chi connectivity index (χ4n) is 1.52. The van der Waals surface area contributed by atoms with Gasteiger partial charge in [0.1, 0.15) is 4.47 Å². The Balaban J connectivity index is 2.57. The lowest BCUT2D eigenvalue weighted by atomic mass is 10.3. The summed E-state index contributed by atoms with van der Waals surface area (Å²) in [6.07, 6.45) is 1.93. The second-order valence-electron chi connectivity index (χ2n) is 4.39. The summed E-state index contributed by atoms with van der Waals surface area (Å²) in [5.41, 5.74) is 0.422. The van der Waals surface area contributed by atoms with Gasteiger partial charge in [0.2, 0.25) is 5.91 Å². The van der Waals surface area contributed by atoms with Crippen LogP contribution in [-0.4, -0.2) is 28.3 Å². The highest BCUT2D eigenvalue weighted by Crippen LogP contribution is 2.15. The first-order chi connectivity index (χ1) is 8.95. The molecule has 0 unspecified atom stereocenters. The number of hydrogen-bond donors (Lipinski definition) is 2. The minimum Gasteiger partial charge on any atom is -0.382 e. The SMILES string of the molecule is CCn1ncc(NCCC(=O)NC(C)C)c(Br)c1=O. The van der Waals surface area contributed by atoms with Crippen molar-refractivity contribution in [3.63, 3.8) is 0 Å². The molecule has 0 spiro atoms. The van der Waals surface area contributed by atoms with Crippen molar-refractivity contribution in [1.29, 1.82) is 0 Å². The first kappa shape index (κ1) is 15.7. The quantitative estimate of drug-likeness (QED) is 0.825. The lowest BCUT2D eigenvalue weighted by molar-refractivity contribution is -0.121. The van der Waals surface area contributed by atoms with Gasteiger partial charge in [0.15, 0.2) is 0 Å². The van der Waals surface area contributed by atoms with Crippen LogP contribution in [0.1, 0.15) is 27.2 Å². The lowest BCUT2D eigenvalue weighted by Crippen LogP contribution is -2.31. The highest BCUT2D eigenvalue weighted by Gasteiger charge is 2.08. The molecule has 19 heavy (non-hydrogen) atoms. The normalized spacial score (nSPS) is 10.6. The van der Waals surface area contributed by atoms with Crippen molar-refractivity contribution in [1.82, 2.24) is 15.1 Å². The number of aryl methyl sites for hydroxylation is 1. The van der Waals surface area contributed by atoms with Crippen molar-refractivity contribution in [2.75, 3.05) is 11.9 Å². The Morgan fingerprint density at radius 1 is 1.53 bits per heavy atom. The summed E-state index contributed by atoms with van der Waals surface area (Å²) < 4.78 is 1.80.